The molecule has 7 heteroatoms. The number of thiocarbonyl (C=S) groups is 1. The standard InChI is InChI=1S/C14H19NO4S2/c15-14(20)12-2-1-3-13(8-12)21(16,17)7-6-19-10-11-4-5-18-9-11/h1-3,8,11H,4-7,9-10H2,(H2,15,20). The third-order valence-electron chi connectivity index (χ3n) is 3.35. The van der Waals surface area contributed by atoms with E-state index in [4.69, 9.17) is 27.4 Å². The van der Waals surface area contributed by atoms with E-state index in [0.717, 1.165) is 13.0 Å². The second-order valence-electron chi connectivity index (χ2n) is 5.02. The van der Waals surface area contributed by atoms with Crippen LogP contribution in [0.2, 0.25) is 0 Å². The molecule has 0 radical (unpaired) electrons. The third kappa shape index (κ3) is 4.74. The van der Waals surface area contributed by atoms with Crippen molar-refractivity contribution in [3.63, 3.8) is 0 Å². The van der Waals surface area contributed by atoms with Crippen LogP contribution in [0.5, 0.6) is 0 Å². The van der Waals surface area contributed by atoms with Gasteiger partial charge in [0.2, 0.25) is 0 Å². The maximum atomic E-state index is 12.2. The van der Waals surface area contributed by atoms with Gasteiger partial charge < -0.3 is 15.2 Å². The summed E-state index contributed by atoms with van der Waals surface area (Å²) in [6, 6.07) is 6.38. The van der Waals surface area contributed by atoms with E-state index < -0.39 is 9.84 Å². The van der Waals surface area contributed by atoms with Gasteiger partial charge >= 0.3 is 0 Å². The summed E-state index contributed by atoms with van der Waals surface area (Å²) in [5.74, 6) is 0.326. The first-order valence-corrected chi connectivity index (χ1v) is 8.83. The van der Waals surface area contributed by atoms with Crippen molar-refractivity contribution in [1.29, 1.82) is 0 Å². The van der Waals surface area contributed by atoms with Gasteiger partial charge in [-0.25, -0.2) is 8.42 Å². The zero-order valence-corrected chi connectivity index (χ0v) is 13.3. The minimum absolute atomic E-state index is 0.0542. The summed E-state index contributed by atoms with van der Waals surface area (Å²) >= 11 is 4.86. The predicted octanol–water partition coefficient (Wildman–Crippen LogP) is 1.15. The number of nitrogens with two attached hydrogens (primary N) is 1. The molecule has 1 unspecified atom stereocenters. The van der Waals surface area contributed by atoms with Crippen molar-refractivity contribution >= 4 is 27.0 Å². The van der Waals surface area contributed by atoms with E-state index in [1.165, 1.54) is 6.07 Å². The lowest BCUT2D eigenvalue weighted by Gasteiger charge is -2.09. The molecule has 0 bridgehead atoms. The molecule has 1 aromatic carbocycles. The fourth-order valence-corrected chi connectivity index (χ4v) is 3.39. The third-order valence-corrected chi connectivity index (χ3v) is 5.26. The van der Waals surface area contributed by atoms with Crippen molar-refractivity contribution in [1.82, 2.24) is 0 Å². The average molecular weight is 329 g/mol. The maximum Gasteiger partial charge on any atom is 0.180 e. The van der Waals surface area contributed by atoms with Crippen LogP contribution < -0.4 is 5.73 Å². The van der Waals surface area contributed by atoms with Gasteiger partial charge in [0, 0.05) is 18.1 Å². The van der Waals surface area contributed by atoms with Gasteiger partial charge in [-0.15, -0.1) is 0 Å². The van der Waals surface area contributed by atoms with E-state index in [0.29, 0.717) is 24.7 Å². The number of hydrogen-bond acceptors (Lipinski definition) is 5. The fourth-order valence-electron chi connectivity index (χ4n) is 2.09. The van der Waals surface area contributed by atoms with Crippen molar-refractivity contribution < 1.29 is 17.9 Å². The Morgan fingerprint density at radius 3 is 2.95 bits per heavy atom. The van der Waals surface area contributed by atoms with Crippen molar-refractivity contribution in [3.05, 3.63) is 29.8 Å². The minimum Gasteiger partial charge on any atom is -0.389 e. The Hall–Kier alpha value is -1.02. The molecule has 2 rings (SSSR count). The lowest BCUT2D eigenvalue weighted by molar-refractivity contribution is 0.0997. The molecule has 0 amide bonds. The fraction of sp³-hybridized carbons (Fsp3) is 0.500. The van der Waals surface area contributed by atoms with Gasteiger partial charge in [-0.05, 0) is 18.6 Å². The van der Waals surface area contributed by atoms with E-state index in [2.05, 4.69) is 0 Å². The Morgan fingerprint density at radius 2 is 2.29 bits per heavy atom. The molecule has 5 nitrogen and oxygen atoms in total. The SMILES string of the molecule is NC(=S)c1cccc(S(=O)(=O)CCOCC2CCOC2)c1. The van der Waals surface area contributed by atoms with Crippen LogP contribution in [0.25, 0.3) is 0 Å². The topological polar surface area (TPSA) is 78.6 Å². The van der Waals surface area contributed by atoms with Gasteiger partial charge in [0.15, 0.2) is 9.84 Å². The second-order valence-corrected chi connectivity index (χ2v) is 7.56. The van der Waals surface area contributed by atoms with Crippen LogP contribution >= 0.6 is 12.2 Å². The first-order chi connectivity index (χ1) is 9.99. The first-order valence-electron chi connectivity index (χ1n) is 6.77. The van der Waals surface area contributed by atoms with Crippen LogP contribution in [0.15, 0.2) is 29.2 Å². The average Bonchev–Trinajstić information content (AvgIpc) is 2.97. The highest BCUT2D eigenvalue weighted by Crippen LogP contribution is 2.15. The summed E-state index contributed by atoms with van der Waals surface area (Å²) in [6.45, 7) is 2.18. The Labute approximate surface area is 130 Å². The van der Waals surface area contributed by atoms with Crippen LogP contribution in [0.1, 0.15) is 12.0 Å². The van der Waals surface area contributed by atoms with Crippen molar-refractivity contribution in [2.24, 2.45) is 11.7 Å². The van der Waals surface area contributed by atoms with Gasteiger partial charge in [0.05, 0.1) is 30.5 Å². The highest BCUT2D eigenvalue weighted by molar-refractivity contribution is 7.91. The molecule has 116 valence electrons. The molecule has 21 heavy (non-hydrogen) atoms. The summed E-state index contributed by atoms with van der Waals surface area (Å²) in [5, 5.41) is 0. The lowest BCUT2D eigenvalue weighted by Crippen LogP contribution is -2.17. The Morgan fingerprint density at radius 1 is 1.48 bits per heavy atom. The normalized spacial score (nSPS) is 18.8. The molecule has 1 atom stereocenters. The van der Waals surface area contributed by atoms with Crippen LogP contribution in [-0.2, 0) is 19.3 Å². The molecule has 1 fully saturated rings. The molecule has 0 spiro atoms. The molecule has 0 aromatic heterocycles. The Kier molecular flexibility index (Phi) is 5.69. The van der Waals surface area contributed by atoms with Gasteiger partial charge in [-0.3, -0.25) is 0 Å². The molecule has 1 saturated heterocycles. The van der Waals surface area contributed by atoms with Crippen molar-refractivity contribution in [2.45, 2.75) is 11.3 Å². The van der Waals surface area contributed by atoms with Crippen LogP contribution in [0, 0.1) is 5.92 Å². The molecule has 1 heterocycles. The van der Waals surface area contributed by atoms with E-state index in [9.17, 15) is 8.42 Å². The highest BCUT2D eigenvalue weighted by atomic mass is 32.2. The number of benzene rings is 1. The maximum absolute atomic E-state index is 12.2. The molecular formula is C14H19NO4S2. The van der Waals surface area contributed by atoms with Crippen molar-refractivity contribution in [3.8, 4) is 0 Å². The zero-order valence-electron chi connectivity index (χ0n) is 11.7. The summed E-state index contributed by atoms with van der Waals surface area (Å²) in [7, 11) is -3.38. The molecule has 0 aliphatic carbocycles. The smallest absolute Gasteiger partial charge is 0.180 e. The van der Waals surface area contributed by atoms with Crippen LogP contribution in [0.4, 0.5) is 0 Å². The van der Waals surface area contributed by atoms with E-state index in [1.54, 1.807) is 18.2 Å². The first kappa shape index (κ1) is 16.4. The largest absolute Gasteiger partial charge is 0.389 e. The molecule has 0 saturated carbocycles. The van der Waals surface area contributed by atoms with E-state index >= 15 is 0 Å². The number of rotatable bonds is 7. The number of ether oxygens (including phenoxy) is 2. The van der Waals surface area contributed by atoms with Gasteiger partial charge in [0.25, 0.3) is 0 Å². The van der Waals surface area contributed by atoms with Gasteiger partial charge in [-0.1, -0.05) is 24.4 Å². The minimum atomic E-state index is -3.38. The monoisotopic (exact) mass is 329 g/mol. The van der Waals surface area contributed by atoms with Crippen molar-refractivity contribution in [2.75, 3.05) is 32.2 Å². The summed E-state index contributed by atoms with van der Waals surface area (Å²) < 4.78 is 35.1. The Bertz CT molecular complexity index is 595. The molecular weight excluding hydrogens is 310 g/mol. The zero-order chi connectivity index (χ0) is 15.3. The molecule has 1 aliphatic rings. The van der Waals surface area contributed by atoms with Gasteiger partial charge in [0.1, 0.15) is 4.99 Å². The summed E-state index contributed by atoms with van der Waals surface area (Å²) in [5.41, 5.74) is 6.07. The quantitative estimate of drug-likeness (QED) is 0.597. The molecule has 2 N–H and O–H groups in total. The number of hydrogen-bond donors (Lipinski definition) is 1. The number of sulfone groups is 1. The predicted molar refractivity (Wildman–Crippen MR) is 84.1 cm³/mol. The summed E-state index contributed by atoms with van der Waals surface area (Å²) in [4.78, 5) is 0.408. The summed E-state index contributed by atoms with van der Waals surface area (Å²) in [6.07, 6.45) is 0.975. The molecule has 1 aliphatic heterocycles. The highest BCUT2D eigenvalue weighted by Gasteiger charge is 2.18. The van der Waals surface area contributed by atoms with Crippen LogP contribution in [-0.4, -0.2) is 45.6 Å². The van der Waals surface area contributed by atoms with E-state index in [-0.39, 0.29) is 22.2 Å². The second kappa shape index (κ2) is 7.31. The van der Waals surface area contributed by atoms with Crippen LogP contribution in [0.3, 0.4) is 0 Å². The lowest BCUT2D eigenvalue weighted by atomic mass is 10.1. The molecule has 1 aromatic rings. The van der Waals surface area contributed by atoms with E-state index in [1.807, 2.05) is 0 Å². The Balaban J connectivity index is 1.88. The van der Waals surface area contributed by atoms with Gasteiger partial charge in [-0.2, -0.15) is 0 Å².